The highest BCUT2D eigenvalue weighted by molar-refractivity contribution is 9.10. The molecule has 1 aromatic rings. The SMILES string of the molecule is COc1cc(NC(=O)N(C)C(C)(C)C(=O)O)ccc1Br. The molecule has 0 aromatic heterocycles. The maximum Gasteiger partial charge on any atom is 0.329 e. The number of benzene rings is 1. The van der Waals surface area contributed by atoms with Crippen LogP contribution in [0.5, 0.6) is 5.75 Å². The van der Waals surface area contributed by atoms with E-state index >= 15 is 0 Å². The lowest BCUT2D eigenvalue weighted by atomic mass is 10.1. The lowest BCUT2D eigenvalue weighted by Gasteiger charge is -2.31. The van der Waals surface area contributed by atoms with Crippen LogP contribution in [0, 0.1) is 0 Å². The van der Waals surface area contributed by atoms with Crippen LogP contribution in [0.4, 0.5) is 10.5 Å². The Labute approximate surface area is 125 Å². The molecule has 110 valence electrons. The number of amides is 2. The van der Waals surface area contributed by atoms with Crippen LogP contribution in [0.2, 0.25) is 0 Å². The molecular weight excluding hydrogens is 328 g/mol. The molecule has 20 heavy (non-hydrogen) atoms. The fourth-order valence-corrected chi connectivity index (χ4v) is 1.75. The largest absolute Gasteiger partial charge is 0.495 e. The number of carboxylic acids is 1. The highest BCUT2D eigenvalue weighted by atomic mass is 79.9. The molecule has 1 aromatic carbocycles. The molecule has 0 saturated carbocycles. The predicted molar refractivity (Wildman–Crippen MR) is 79.2 cm³/mol. The number of carbonyl (C=O) groups excluding carboxylic acids is 1. The summed E-state index contributed by atoms with van der Waals surface area (Å²) in [6.45, 7) is 2.91. The molecule has 7 heteroatoms. The molecule has 0 radical (unpaired) electrons. The zero-order valence-corrected chi connectivity index (χ0v) is 13.3. The Kier molecular flexibility index (Phi) is 4.99. The Morgan fingerprint density at radius 2 is 2.00 bits per heavy atom. The van der Waals surface area contributed by atoms with Gasteiger partial charge in [-0.15, -0.1) is 0 Å². The van der Waals surface area contributed by atoms with Crippen LogP contribution in [0.3, 0.4) is 0 Å². The van der Waals surface area contributed by atoms with Gasteiger partial charge in [0.05, 0.1) is 11.6 Å². The van der Waals surface area contributed by atoms with Crippen LogP contribution in [-0.2, 0) is 4.79 Å². The molecule has 1 rings (SSSR count). The summed E-state index contributed by atoms with van der Waals surface area (Å²) in [6.07, 6.45) is 0. The molecule has 2 N–H and O–H groups in total. The summed E-state index contributed by atoms with van der Waals surface area (Å²) in [5.74, 6) is -0.508. The topological polar surface area (TPSA) is 78.9 Å². The van der Waals surface area contributed by atoms with Gasteiger partial charge in [-0.25, -0.2) is 9.59 Å². The number of rotatable bonds is 4. The average molecular weight is 345 g/mol. The number of carbonyl (C=O) groups is 2. The van der Waals surface area contributed by atoms with Crippen molar-refractivity contribution >= 4 is 33.6 Å². The maximum absolute atomic E-state index is 12.0. The minimum atomic E-state index is -1.30. The van der Waals surface area contributed by atoms with Crippen molar-refractivity contribution in [1.82, 2.24) is 4.90 Å². The number of urea groups is 1. The predicted octanol–water partition coefficient (Wildman–Crippen LogP) is 2.78. The zero-order chi connectivity index (χ0) is 15.5. The summed E-state index contributed by atoms with van der Waals surface area (Å²) in [5, 5.41) is 11.7. The van der Waals surface area contributed by atoms with Gasteiger partial charge in [0.25, 0.3) is 0 Å². The monoisotopic (exact) mass is 344 g/mol. The maximum atomic E-state index is 12.0. The number of nitrogens with one attached hydrogen (secondary N) is 1. The number of carboxylic acid groups (broad SMARTS) is 1. The number of nitrogens with zero attached hydrogens (tertiary/aromatic N) is 1. The van der Waals surface area contributed by atoms with Gasteiger partial charge in [0, 0.05) is 18.8 Å². The van der Waals surface area contributed by atoms with Crippen molar-refractivity contribution in [3.63, 3.8) is 0 Å². The van der Waals surface area contributed by atoms with Gasteiger partial charge in [0.15, 0.2) is 0 Å². The number of halogens is 1. The highest BCUT2D eigenvalue weighted by Gasteiger charge is 2.35. The van der Waals surface area contributed by atoms with Crippen LogP contribution in [0.15, 0.2) is 22.7 Å². The summed E-state index contributed by atoms with van der Waals surface area (Å²) >= 11 is 3.31. The van der Waals surface area contributed by atoms with Gasteiger partial charge in [-0.05, 0) is 41.9 Å². The Morgan fingerprint density at radius 1 is 1.40 bits per heavy atom. The van der Waals surface area contributed by atoms with Crippen molar-refractivity contribution in [2.75, 3.05) is 19.5 Å². The number of hydrogen-bond donors (Lipinski definition) is 2. The lowest BCUT2D eigenvalue weighted by Crippen LogP contribution is -2.52. The van der Waals surface area contributed by atoms with Crippen LogP contribution in [0.25, 0.3) is 0 Å². The van der Waals surface area contributed by atoms with Crippen molar-refractivity contribution in [2.45, 2.75) is 19.4 Å². The first-order chi connectivity index (χ1) is 9.20. The van der Waals surface area contributed by atoms with Crippen molar-refractivity contribution in [3.05, 3.63) is 22.7 Å². The van der Waals surface area contributed by atoms with Crippen molar-refractivity contribution in [2.24, 2.45) is 0 Å². The quantitative estimate of drug-likeness (QED) is 0.880. The van der Waals surface area contributed by atoms with Gasteiger partial charge in [-0.3, -0.25) is 0 Å². The van der Waals surface area contributed by atoms with E-state index in [1.54, 1.807) is 18.2 Å². The molecule has 0 aliphatic rings. The second-order valence-corrected chi connectivity index (χ2v) is 5.56. The fraction of sp³-hybridized carbons (Fsp3) is 0.385. The van der Waals surface area contributed by atoms with E-state index in [1.807, 2.05) is 0 Å². The van der Waals surface area contributed by atoms with Gasteiger partial charge in [-0.2, -0.15) is 0 Å². The molecule has 0 atom stereocenters. The highest BCUT2D eigenvalue weighted by Crippen LogP contribution is 2.28. The van der Waals surface area contributed by atoms with E-state index in [-0.39, 0.29) is 0 Å². The van der Waals surface area contributed by atoms with E-state index in [2.05, 4.69) is 21.2 Å². The molecule has 0 heterocycles. The van der Waals surface area contributed by atoms with Crippen LogP contribution < -0.4 is 10.1 Å². The number of methoxy groups -OCH3 is 1. The molecular formula is C13H17BrN2O4. The van der Waals surface area contributed by atoms with Crippen LogP contribution >= 0.6 is 15.9 Å². The molecule has 6 nitrogen and oxygen atoms in total. The van der Waals surface area contributed by atoms with E-state index in [9.17, 15) is 9.59 Å². The molecule has 0 aliphatic heterocycles. The fourth-order valence-electron chi connectivity index (χ4n) is 1.34. The molecule has 0 saturated heterocycles. The van der Waals surface area contributed by atoms with E-state index in [1.165, 1.54) is 28.0 Å². The minimum absolute atomic E-state index is 0.512. The van der Waals surface area contributed by atoms with Crippen molar-refractivity contribution in [1.29, 1.82) is 0 Å². The van der Waals surface area contributed by atoms with Crippen molar-refractivity contribution in [3.8, 4) is 5.75 Å². The number of ether oxygens (including phenoxy) is 1. The molecule has 0 aliphatic carbocycles. The molecule has 0 spiro atoms. The third kappa shape index (κ3) is 3.41. The first-order valence-corrected chi connectivity index (χ1v) is 6.61. The van der Waals surface area contributed by atoms with Crippen LogP contribution in [0.1, 0.15) is 13.8 Å². The molecule has 2 amide bonds. The summed E-state index contributed by atoms with van der Waals surface area (Å²) in [4.78, 5) is 24.3. The number of hydrogen-bond acceptors (Lipinski definition) is 3. The summed E-state index contributed by atoms with van der Waals surface area (Å²) in [7, 11) is 2.95. The number of aliphatic carboxylic acids is 1. The van der Waals surface area contributed by atoms with E-state index in [0.29, 0.717) is 11.4 Å². The van der Waals surface area contributed by atoms with E-state index in [4.69, 9.17) is 9.84 Å². The van der Waals surface area contributed by atoms with Gasteiger partial charge in [0.1, 0.15) is 11.3 Å². The number of likely N-dealkylation sites (N-methyl/N-ethyl adjacent to an activating group) is 1. The molecule has 0 bridgehead atoms. The van der Waals surface area contributed by atoms with Gasteiger partial charge in [-0.1, -0.05) is 0 Å². The van der Waals surface area contributed by atoms with Gasteiger partial charge in [0.2, 0.25) is 0 Å². The standard InChI is InChI=1S/C13H17BrN2O4/c1-13(2,11(17)18)16(3)12(19)15-8-5-6-9(14)10(7-8)20-4/h5-7H,1-4H3,(H,15,19)(H,17,18). The smallest absolute Gasteiger partial charge is 0.329 e. The summed E-state index contributed by atoms with van der Waals surface area (Å²) < 4.78 is 5.89. The van der Waals surface area contributed by atoms with E-state index < -0.39 is 17.5 Å². The summed E-state index contributed by atoms with van der Waals surface area (Å²) in [6, 6.07) is 4.55. The van der Waals surface area contributed by atoms with Crippen molar-refractivity contribution < 1.29 is 19.4 Å². The third-order valence-corrected chi connectivity index (χ3v) is 3.72. The second kappa shape index (κ2) is 6.13. The Bertz CT molecular complexity index is 531. The Hall–Kier alpha value is -1.76. The van der Waals surface area contributed by atoms with Crippen LogP contribution in [-0.4, -0.2) is 41.7 Å². The Morgan fingerprint density at radius 3 is 2.50 bits per heavy atom. The Balaban J connectivity index is 2.88. The minimum Gasteiger partial charge on any atom is -0.495 e. The lowest BCUT2D eigenvalue weighted by molar-refractivity contribution is -0.146. The molecule has 0 unspecified atom stereocenters. The first kappa shape index (κ1) is 16.3. The zero-order valence-electron chi connectivity index (χ0n) is 11.7. The number of anilines is 1. The third-order valence-electron chi connectivity index (χ3n) is 3.07. The molecule has 0 fully saturated rings. The summed E-state index contributed by atoms with van der Waals surface area (Å²) in [5.41, 5.74) is -0.785. The van der Waals surface area contributed by atoms with E-state index in [0.717, 1.165) is 9.37 Å². The first-order valence-electron chi connectivity index (χ1n) is 5.82. The second-order valence-electron chi connectivity index (χ2n) is 4.70. The van der Waals surface area contributed by atoms with Gasteiger partial charge < -0.3 is 20.1 Å². The normalized spacial score (nSPS) is 10.8. The van der Waals surface area contributed by atoms with Gasteiger partial charge >= 0.3 is 12.0 Å². The average Bonchev–Trinajstić information content (AvgIpc) is 2.39.